The standard InChI is InChI=1S/C12H17ClFN3/c1-12(4-5-16-11(15)7-12)17-8-2-3-10(14)9(13)6-8/h2-3,6,11,16-17H,4-5,7,15H2,1H3. The highest BCUT2D eigenvalue weighted by Gasteiger charge is 2.30. The first-order valence-electron chi connectivity index (χ1n) is 5.71. The van der Waals surface area contributed by atoms with Crippen LogP contribution in [-0.4, -0.2) is 18.2 Å². The molecule has 0 radical (unpaired) electrons. The predicted octanol–water partition coefficient (Wildman–Crippen LogP) is 2.32. The van der Waals surface area contributed by atoms with E-state index in [0.717, 1.165) is 25.1 Å². The van der Waals surface area contributed by atoms with E-state index in [0.29, 0.717) is 0 Å². The summed E-state index contributed by atoms with van der Waals surface area (Å²) < 4.78 is 13.0. The number of piperidine rings is 1. The van der Waals surface area contributed by atoms with Crippen LogP contribution < -0.4 is 16.4 Å². The molecule has 0 amide bonds. The first kappa shape index (κ1) is 12.6. The maximum atomic E-state index is 13.0. The van der Waals surface area contributed by atoms with Crippen LogP contribution in [0, 0.1) is 5.82 Å². The third-order valence-electron chi connectivity index (χ3n) is 3.12. The Hall–Kier alpha value is -0.840. The summed E-state index contributed by atoms with van der Waals surface area (Å²) in [7, 11) is 0. The van der Waals surface area contributed by atoms with E-state index >= 15 is 0 Å². The van der Waals surface area contributed by atoms with Gasteiger partial charge in [-0.15, -0.1) is 0 Å². The SMILES string of the molecule is CC1(Nc2ccc(F)c(Cl)c2)CCNC(N)C1. The molecule has 5 heteroatoms. The van der Waals surface area contributed by atoms with Gasteiger partial charge in [0.25, 0.3) is 0 Å². The molecule has 2 unspecified atom stereocenters. The fraction of sp³-hybridized carbons (Fsp3) is 0.500. The van der Waals surface area contributed by atoms with E-state index in [4.69, 9.17) is 17.3 Å². The number of nitrogens with one attached hydrogen (secondary N) is 2. The zero-order chi connectivity index (χ0) is 12.5. The molecule has 1 aliphatic heterocycles. The molecule has 2 atom stereocenters. The lowest BCUT2D eigenvalue weighted by Gasteiger charge is -2.39. The molecule has 17 heavy (non-hydrogen) atoms. The van der Waals surface area contributed by atoms with E-state index in [-0.39, 0.29) is 16.7 Å². The summed E-state index contributed by atoms with van der Waals surface area (Å²) in [6.45, 7) is 2.99. The van der Waals surface area contributed by atoms with Crippen molar-refractivity contribution in [2.24, 2.45) is 5.73 Å². The van der Waals surface area contributed by atoms with Gasteiger partial charge in [-0.2, -0.15) is 0 Å². The molecule has 0 aliphatic carbocycles. The molecule has 0 bridgehead atoms. The zero-order valence-corrected chi connectivity index (χ0v) is 10.5. The molecule has 0 spiro atoms. The Kier molecular flexibility index (Phi) is 3.56. The quantitative estimate of drug-likeness (QED) is 0.762. The second-order valence-electron chi connectivity index (χ2n) is 4.83. The Bertz CT molecular complexity index is 413. The van der Waals surface area contributed by atoms with Crippen molar-refractivity contribution in [2.45, 2.75) is 31.5 Å². The Labute approximate surface area is 106 Å². The van der Waals surface area contributed by atoms with Crippen molar-refractivity contribution in [3.63, 3.8) is 0 Å². The first-order chi connectivity index (χ1) is 7.98. The average Bonchev–Trinajstić information content (AvgIpc) is 2.22. The lowest BCUT2D eigenvalue weighted by Crippen LogP contribution is -2.54. The van der Waals surface area contributed by atoms with Gasteiger partial charge in [0.05, 0.1) is 11.2 Å². The topological polar surface area (TPSA) is 50.1 Å². The normalized spacial score (nSPS) is 29.1. The first-order valence-corrected chi connectivity index (χ1v) is 6.08. The maximum absolute atomic E-state index is 13.0. The van der Waals surface area contributed by atoms with Crippen LogP contribution in [0.2, 0.25) is 5.02 Å². The Morgan fingerprint density at radius 2 is 2.35 bits per heavy atom. The smallest absolute Gasteiger partial charge is 0.141 e. The summed E-state index contributed by atoms with van der Waals surface area (Å²) >= 11 is 5.75. The fourth-order valence-electron chi connectivity index (χ4n) is 2.23. The van der Waals surface area contributed by atoms with Crippen LogP contribution in [0.3, 0.4) is 0 Å². The van der Waals surface area contributed by atoms with Gasteiger partial charge in [-0.05, 0) is 44.5 Å². The number of nitrogens with two attached hydrogens (primary N) is 1. The third kappa shape index (κ3) is 3.09. The van der Waals surface area contributed by atoms with Gasteiger partial charge in [-0.1, -0.05) is 11.6 Å². The predicted molar refractivity (Wildman–Crippen MR) is 68.6 cm³/mol. The molecule has 1 aromatic carbocycles. The Balaban J connectivity index is 2.11. The highest BCUT2D eigenvalue weighted by Crippen LogP contribution is 2.27. The minimum atomic E-state index is -0.399. The molecule has 0 aromatic heterocycles. The van der Waals surface area contributed by atoms with E-state index in [1.165, 1.54) is 6.07 Å². The second kappa shape index (κ2) is 4.80. The van der Waals surface area contributed by atoms with Crippen molar-refractivity contribution in [1.82, 2.24) is 5.32 Å². The molecular weight excluding hydrogens is 241 g/mol. The molecule has 94 valence electrons. The summed E-state index contributed by atoms with van der Waals surface area (Å²) in [5.41, 5.74) is 6.63. The van der Waals surface area contributed by atoms with Crippen molar-refractivity contribution >= 4 is 17.3 Å². The van der Waals surface area contributed by atoms with Crippen LogP contribution in [0.4, 0.5) is 10.1 Å². The van der Waals surface area contributed by atoms with E-state index in [1.54, 1.807) is 12.1 Å². The third-order valence-corrected chi connectivity index (χ3v) is 3.41. The zero-order valence-electron chi connectivity index (χ0n) is 9.76. The van der Waals surface area contributed by atoms with E-state index in [2.05, 4.69) is 17.6 Å². The van der Waals surface area contributed by atoms with E-state index in [9.17, 15) is 4.39 Å². The van der Waals surface area contributed by atoms with Gasteiger partial charge >= 0.3 is 0 Å². The Morgan fingerprint density at radius 3 is 3.00 bits per heavy atom. The molecular formula is C12H17ClFN3. The van der Waals surface area contributed by atoms with Crippen LogP contribution in [0.25, 0.3) is 0 Å². The number of hydrogen-bond donors (Lipinski definition) is 3. The summed E-state index contributed by atoms with van der Waals surface area (Å²) in [5, 5.41) is 6.72. The lowest BCUT2D eigenvalue weighted by molar-refractivity contribution is 0.300. The molecule has 1 aromatic rings. The fourth-order valence-corrected chi connectivity index (χ4v) is 2.41. The van der Waals surface area contributed by atoms with Gasteiger partial charge in [0, 0.05) is 11.2 Å². The molecule has 1 fully saturated rings. The summed E-state index contributed by atoms with van der Waals surface area (Å²) in [6, 6.07) is 4.67. The molecule has 4 N–H and O–H groups in total. The highest BCUT2D eigenvalue weighted by atomic mass is 35.5. The molecule has 1 heterocycles. The van der Waals surface area contributed by atoms with Crippen LogP contribution in [0.1, 0.15) is 19.8 Å². The van der Waals surface area contributed by atoms with Crippen LogP contribution in [0.5, 0.6) is 0 Å². The minimum absolute atomic E-state index is 0.00262. The number of hydrogen-bond acceptors (Lipinski definition) is 3. The van der Waals surface area contributed by atoms with Gasteiger partial charge in [0.2, 0.25) is 0 Å². The highest BCUT2D eigenvalue weighted by molar-refractivity contribution is 6.31. The van der Waals surface area contributed by atoms with Gasteiger partial charge in [0.1, 0.15) is 5.82 Å². The van der Waals surface area contributed by atoms with Crippen molar-refractivity contribution in [3.05, 3.63) is 29.0 Å². The van der Waals surface area contributed by atoms with Gasteiger partial charge < -0.3 is 16.4 Å². The molecule has 3 nitrogen and oxygen atoms in total. The molecule has 1 aliphatic rings. The van der Waals surface area contributed by atoms with Crippen LogP contribution in [0.15, 0.2) is 18.2 Å². The average molecular weight is 258 g/mol. The largest absolute Gasteiger partial charge is 0.380 e. The second-order valence-corrected chi connectivity index (χ2v) is 5.24. The van der Waals surface area contributed by atoms with Crippen molar-refractivity contribution in [1.29, 1.82) is 0 Å². The lowest BCUT2D eigenvalue weighted by atomic mass is 9.88. The van der Waals surface area contributed by atoms with Crippen LogP contribution in [-0.2, 0) is 0 Å². The number of rotatable bonds is 2. The number of anilines is 1. The molecule has 1 saturated heterocycles. The van der Waals surface area contributed by atoms with Crippen molar-refractivity contribution < 1.29 is 4.39 Å². The van der Waals surface area contributed by atoms with Gasteiger partial charge in [-0.3, -0.25) is 0 Å². The number of halogens is 2. The van der Waals surface area contributed by atoms with Gasteiger partial charge in [-0.25, -0.2) is 4.39 Å². The van der Waals surface area contributed by atoms with E-state index < -0.39 is 5.82 Å². The summed E-state index contributed by atoms with van der Waals surface area (Å²) in [6.07, 6.45) is 1.79. The molecule has 2 rings (SSSR count). The van der Waals surface area contributed by atoms with E-state index in [1.807, 2.05) is 0 Å². The van der Waals surface area contributed by atoms with Crippen LogP contribution >= 0.6 is 11.6 Å². The minimum Gasteiger partial charge on any atom is -0.380 e. The summed E-state index contributed by atoms with van der Waals surface area (Å²) in [5.74, 6) is -0.399. The maximum Gasteiger partial charge on any atom is 0.141 e. The summed E-state index contributed by atoms with van der Waals surface area (Å²) in [4.78, 5) is 0. The molecule has 0 saturated carbocycles. The van der Waals surface area contributed by atoms with Crippen molar-refractivity contribution in [3.8, 4) is 0 Å². The number of benzene rings is 1. The Morgan fingerprint density at radius 1 is 1.59 bits per heavy atom. The van der Waals surface area contributed by atoms with Gasteiger partial charge in [0.15, 0.2) is 0 Å². The monoisotopic (exact) mass is 257 g/mol. The van der Waals surface area contributed by atoms with Crippen molar-refractivity contribution in [2.75, 3.05) is 11.9 Å².